The van der Waals surface area contributed by atoms with Crippen LogP contribution in [0.5, 0.6) is 17.2 Å². The van der Waals surface area contributed by atoms with Crippen molar-refractivity contribution in [1.82, 2.24) is 0 Å². The van der Waals surface area contributed by atoms with Gasteiger partial charge >= 0.3 is 0 Å². The fraction of sp³-hybridized carbons (Fsp3) is 0.333. The molecule has 0 aromatic heterocycles. The van der Waals surface area contributed by atoms with Crippen LogP contribution >= 0.6 is 0 Å². The van der Waals surface area contributed by atoms with E-state index in [4.69, 9.17) is 14.2 Å². The predicted molar refractivity (Wildman–Crippen MR) is 82.3 cm³/mol. The van der Waals surface area contributed by atoms with Gasteiger partial charge in [0.05, 0.1) is 6.61 Å². The van der Waals surface area contributed by atoms with E-state index in [0.717, 1.165) is 30.3 Å². The van der Waals surface area contributed by atoms with Gasteiger partial charge in [-0.2, -0.15) is 0 Å². The lowest BCUT2D eigenvalue weighted by Crippen LogP contribution is -2.11. The van der Waals surface area contributed by atoms with E-state index in [1.165, 1.54) is 16.7 Å². The van der Waals surface area contributed by atoms with Gasteiger partial charge in [0.2, 0.25) is 6.29 Å². The summed E-state index contributed by atoms with van der Waals surface area (Å²) in [5.74, 6) is 2.78. The summed E-state index contributed by atoms with van der Waals surface area (Å²) < 4.78 is 16.1. The summed E-state index contributed by atoms with van der Waals surface area (Å²) >= 11 is 0. The van der Waals surface area contributed by atoms with Crippen molar-refractivity contribution in [2.45, 2.75) is 33.5 Å². The molecule has 1 unspecified atom stereocenters. The Morgan fingerprint density at radius 3 is 2.33 bits per heavy atom. The average molecular weight is 284 g/mol. The van der Waals surface area contributed by atoms with E-state index in [1.54, 1.807) is 0 Å². The van der Waals surface area contributed by atoms with Gasteiger partial charge in [0.25, 0.3) is 0 Å². The van der Waals surface area contributed by atoms with Crippen LogP contribution in [0.15, 0.2) is 36.4 Å². The molecular formula is C18H20O3. The van der Waals surface area contributed by atoms with Crippen LogP contribution in [0.25, 0.3) is 0 Å². The zero-order valence-electron chi connectivity index (χ0n) is 12.7. The van der Waals surface area contributed by atoms with E-state index >= 15 is 0 Å². The predicted octanol–water partition coefficient (Wildman–Crippen LogP) is 4.04. The molecule has 0 saturated carbocycles. The molecule has 2 aromatic rings. The lowest BCUT2D eigenvalue weighted by atomic mass is 10.1. The van der Waals surface area contributed by atoms with Crippen molar-refractivity contribution in [3.63, 3.8) is 0 Å². The van der Waals surface area contributed by atoms with Crippen molar-refractivity contribution < 1.29 is 14.2 Å². The highest BCUT2D eigenvalue weighted by molar-refractivity contribution is 5.44. The van der Waals surface area contributed by atoms with Crippen molar-refractivity contribution >= 4 is 0 Å². The Morgan fingerprint density at radius 1 is 0.857 bits per heavy atom. The van der Waals surface area contributed by atoms with Gasteiger partial charge in [-0.05, 0) is 43.2 Å². The SMILES string of the molecule is Cc1ccc2c(c1)CCO2.Cc1ccc2c(c1)OC(C)O2. The third kappa shape index (κ3) is 3.13. The monoisotopic (exact) mass is 284 g/mol. The third-order valence-electron chi connectivity index (χ3n) is 3.53. The molecule has 0 aliphatic carbocycles. The Labute approximate surface area is 125 Å². The van der Waals surface area contributed by atoms with Gasteiger partial charge in [-0.1, -0.05) is 23.8 Å². The maximum Gasteiger partial charge on any atom is 0.238 e. The highest BCUT2D eigenvalue weighted by Gasteiger charge is 2.18. The quantitative estimate of drug-likeness (QED) is 0.730. The second-order valence-electron chi connectivity index (χ2n) is 5.46. The van der Waals surface area contributed by atoms with Gasteiger partial charge in [-0.25, -0.2) is 0 Å². The number of fused-ring (bicyclic) bond motifs is 2. The number of rotatable bonds is 0. The Kier molecular flexibility index (Phi) is 3.74. The summed E-state index contributed by atoms with van der Waals surface area (Å²) in [5, 5.41) is 0. The molecule has 0 N–H and O–H groups in total. The van der Waals surface area contributed by atoms with Gasteiger partial charge in [0.15, 0.2) is 11.5 Å². The molecular weight excluding hydrogens is 264 g/mol. The van der Waals surface area contributed by atoms with Crippen LogP contribution in [-0.4, -0.2) is 12.9 Å². The number of hydrogen-bond acceptors (Lipinski definition) is 3. The standard InChI is InChI=1S/C9H10O2.C9H10O/c1-6-3-4-8-9(5-6)11-7(2)10-8;1-7-2-3-9-8(6-7)4-5-10-9/h3-5,7H,1-2H3;2-3,6H,4-5H2,1H3. The van der Waals surface area contributed by atoms with E-state index in [-0.39, 0.29) is 6.29 Å². The zero-order chi connectivity index (χ0) is 14.8. The molecule has 3 heteroatoms. The first-order chi connectivity index (χ1) is 10.1. The van der Waals surface area contributed by atoms with Gasteiger partial charge in [0, 0.05) is 13.3 Å². The molecule has 0 amide bonds. The Balaban J connectivity index is 0.000000126. The Bertz CT molecular complexity index is 649. The highest BCUT2D eigenvalue weighted by atomic mass is 16.7. The molecule has 0 radical (unpaired) electrons. The molecule has 21 heavy (non-hydrogen) atoms. The van der Waals surface area contributed by atoms with Gasteiger partial charge in [-0.3, -0.25) is 0 Å². The van der Waals surface area contributed by atoms with Crippen molar-refractivity contribution in [2.24, 2.45) is 0 Å². The number of ether oxygens (including phenoxy) is 3. The Hall–Kier alpha value is -2.16. The first kappa shape index (κ1) is 13.8. The summed E-state index contributed by atoms with van der Waals surface area (Å²) in [7, 11) is 0. The molecule has 2 aliphatic rings. The molecule has 1 atom stereocenters. The van der Waals surface area contributed by atoms with Crippen molar-refractivity contribution in [2.75, 3.05) is 6.61 Å². The van der Waals surface area contributed by atoms with Crippen molar-refractivity contribution in [3.8, 4) is 17.2 Å². The fourth-order valence-electron chi connectivity index (χ4n) is 2.50. The maximum atomic E-state index is 5.37. The lowest BCUT2D eigenvalue weighted by molar-refractivity contribution is 0.0678. The molecule has 0 saturated heterocycles. The van der Waals surface area contributed by atoms with Crippen LogP contribution in [0.1, 0.15) is 23.6 Å². The van der Waals surface area contributed by atoms with E-state index in [0.29, 0.717) is 0 Å². The first-order valence-electron chi connectivity index (χ1n) is 7.28. The topological polar surface area (TPSA) is 27.7 Å². The summed E-state index contributed by atoms with van der Waals surface area (Å²) in [5.41, 5.74) is 3.88. The molecule has 4 rings (SSSR count). The average Bonchev–Trinajstić information content (AvgIpc) is 3.03. The normalized spacial score (nSPS) is 17.6. The number of benzene rings is 2. The number of hydrogen-bond donors (Lipinski definition) is 0. The first-order valence-corrected chi connectivity index (χ1v) is 7.28. The molecule has 0 fully saturated rings. The van der Waals surface area contributed by atoms with Crippen LogP contribution in [-0.2, 0) is 6.42 Å². The molecule has 0 bridgehead atoms. The van der Waals surface area contributed by atoms with Gasteiger partial charge < -0.3 is 14.2 Å². The van der Waals surface area contributed by atoms with Crippen molar-refractivity contribution in [1.29, 1.82) is 0 Å². The lowest BCUT2D eigenvalue weighted by Gasteiger charge is -1.99. The molecule has 3 nitrogen and oxygen atoms in total. The number of aryl methyl sites for hydroxylation is 2. The third-order valence-corrected chi connectivity index (χ3v) is 3.53. The van der Waals surface area contributed by atoms with E-state index < -0.39 is 0 Å². The molecule has 2 heterocycles. The van der Waals surface area contributed by atoms with Crippen LogP contribution in [0.4, 0.5) is 0 Å². The van der Waals surface area contributed by atoms with Crippen LogP contribution < -0.4 is 14.2 Å². The second kappa shape index (κ2) is 5.68. The van der Waals surface area contributed by atoms with Crippen LogP contribution in [0.3, 0.4) is 0 Å². The van der Waals surface area contributed by atoms with Crippen LogP contribution in [0.2, 0.25) is 0 Å². The van der Waals surface area contributed by atoms with Crippen LogP contribution in [0, 0.1) is 13.8 Å². The minimum Gasteiger partial charge on any atom is -0.493 e. The summed E-state index contributed by atoms with van der Waals surface area (Å²) in [6.45, 7) is 6.89. The van der Waals surface area contributed by atoms with Gasteiger partial charge in [0.1, 0.15) is 5.75 Å². The second-order valence-corrected chi connectivity index (χ2v) is 5.46. The summed E-state index contributed by atoms with van der Waals surface area (Å²) in [6, 6.07) is 12.3. The molecule has 0 spiro atoms. The van der Waals surface area contributed by atoms with Crippen molar-refractivity contribution in [3.05, 3.63) is 53.1 Å². The zero-order valence-corrected chi connectivity index (χ0v) is 12.7. The molecule has 110 valence electrons. The summed E-state index contributed by atoms with van der Waals surface area (Å²) in [4.78, 5) is 0. The van der Waals surface area contributed by atoms with Gasteiger partial charge in [-0.15, -0.1) is 0 Å². The smallest absolute Gasteiger partial charge is 0.238 e. The molecule has 2 aliphatic heterocycles. The highest BCUT2D eigenvalue weighted by Crippen LogP contribution is 2.34. The van der Waals surface area contributed by atoms with E-state index in [2.05, 4.69) is 25.1 Å². The van der Waals surface area contributed by atoms with E-state index in [9.17, 15) is 0 Å². The largest absolute Gasteiger partial charge is 0.493 e. The maximum absolute atomic E-state index is 5.37. The molecule has 2 aromatic carbocycles. The minimum atomic E-state index is -0.133. The minimum absolute atomic E-state index is 0.133. The fourth-order valence-corrected chi connectivity index (χ4v) is 2.50. The Morgan fingerprint density at radius 2 is 1.52 bits per heavy atom. The summed E-state index contributed by atoms with van der Waals surface area (Å²) in [6.07, 6.45) is 0.948. The van der Waals surface area contributed by atoms with E-state index in [1.807, 2.05) is 32.0 Å².